The number of carboxylic acid groups (broad SMARTS) is 1. The second kappa shape index (κ2) is 11.5. The van der Waals surface area contributed by atoms with E-state index in [9.17, 15) is 14.4 Å². The van der Waals surface area contributed by atoms with Crippen LogP contribution in [0.2, 0.25) is 0 Å². The van der Waals surface area contributed by atoms with Crippen LogP contribution in [0.1, 0.15) is 46.7 Å². The second-order valence-corrected chi connectivity index (χ2v) is 7.78. The van der Waals surface area contributed by atoms with E-state index < -0.39 is 17.9 Å². The molecular weight excluding hydrogens is 432 g/mol. The minimum absolute atomic E-state index is 0.0681. The molecule has 0 fully saturated rings. The van der Waals surface area contributed by atoms with Crippen LogP contribution in [0.3, 0.4) is 0 Å². The standard InChI is InChI=1S/C27H26N2O5/c28-20-12-15-22(24(29)17-20)23(7-4-8-26(31)32)27(33)34-21-13-9-18(10-14-21)11-16-25(30)19-5-2-1-3-6-19/h1-3,5-6,9-17,23H,4,7-8,28-29H2,(H,31,32). The monoisotopic (exact) mass is 458 g/mol. The third-order valence-electron chi connectivity index (χ3n) is 5.24. The number of esters is 1. The Morgan fingerprint density at radius 1 is 0.941 bits per heavy atom. The smallest absolute Gasteiger partial charge is 0.318 e. The third kappa shape index (κ3) is 6.80. The lowest BCUT2D eigenvalue weighted by Crippen LogP contribution is -2.20. The molecule has 0 aliphatic carbocycles. The summed E-state index contributed by atoms with van der Waals surface area (Å²) in [6.45, 7) is 0. The van der Waals surface area contributed by atoms with Crippen LogP contribution in [0, 0.1) is 0 Å². The van der Waals surface area contributed by atoms with Gasteiger partial charge < -0.3 is 21.3 Å². The fourth-order valence-corrected chi connectivity index (χ4v) is 3.47. The van der Waals surface area contributed by atoms with Gasteiger partial charge in [0.25, 0.3) is 0 Å². The number of hydrogen-bond donors (Lipinski definition) is 3. The topological polar surface area (TPSA) is 133 Å². The zero-order valence-corrected chi connectivity index (χ0v) is 18.5. The molecule has 5 N–H and O–H groups in total. The Balaban J connectivity index is 1.70. The van der Waals surface area contributed by atoms with E-state index in [2.05, 4.69) is 0 Å². The van der Waals surface area contributed by atoms with Gasteiger partial charge in [0.15, 0.2) is 5.78 Å². The summed E-state index contributed by atoms with van der Waals surface area (Å²) in [5, 5.41) is 8.95. The highest BCUT2D eigenvalue weighted by Gasteiger charge is 2.25. The zero-order valence-electron chi connectivity index (χ0n) is 18.5. The average Bonchev–Trinajstić information content (AvgIpc) is 2.82. The minimum atomic E-state index is -0.938. The van der Waals surface area contributed by atoms with Gasteiger partial charge in [-0.1, -0.05) is 54.6 Å². The number of carbonyl (C=O) groups excluding carboxylic acids is 2. The van der Waals surface area contributed by atoms with E-state index in [1.54, 1.807) is 72.8 Å². The maximum absolute atomic E-state index is 13.0. The van der Waals surface area contributed by atoms with Crippen molar-refractivity contribution in [1.29, 1.82) is 0 Å². The largest absolute Gasteiger partial charge is 0.481 e. The molecule has 0 heterocycles. The Morgan fingerprint density at radius 3 is 2.29 bits per heavy atom. The lowest BCUT2D eigenvalue weighted by molar-refractivity contribution is -0.139. The molecule has 1 atom stereocenters. The predicted molar refractivity (Wildman–Crippen MR) is 131 cm³/mol. The first-order valence-corrected chi connectivity index (χ1v) is 10.8. The van der Waals surface area contributed by atoms with Crippen molar-refractivity contribution in [1.82, 2.24) is 0 Å². The van der Waals surface area contributed by atoms with Gasteiger partial charge in [-0.05, 0) is 54.3 Å². The summed E-state index contributed by atoms with van der Waals surface area (Å²) in [4.78, 5) is 36.1. The normalized spacial score (nSPS) is 11.8. The lowest BCUT2D eigenvalue weighted by atomic mass is 9.92. The molecule has 0 amide bonds. The summed E-state index contributed by atoms with van der Waals surface area (Å²) in [7, 11) is 0. The quantitative estimate of drug-likeness (QED) is 0.132. The first-order chi connectivity index (χ1) is 16.3. The summed E-state index contributed by atoms with van der Waals surface area (Å²) in [6, 6.07) is 20.5. The number of allylic oxidation sites excluding steroid dienone is 1. The van der Waals surface area contributed by atoms with E-state index in [0.29, 0.717) is 28.3 Å². The third-order valence-corrected chi connectivity index (χ3v) is 5.24. The number of carbonyl (C=O) groups is 3. The van der Waals surface area contributed by atoms with Crippen molar-refractivity contribution in [2.45, 2.75) is 25.2 Å². The van der Waals surface area contributed by atoms with Gasteiger partial charge in [-0.15, -0.1) is 0 Å². The number of rotatable bonds is 10. The van der Waals surface area contributed by atoms with Crippen molar-refractivity contribution in [3.8, 4) is 5.75 Å². The van der Waals surface area contributed by atoms with Gasteiger partial charge in [-0.2, -0.15) is 0 Å². The molecule has 3 aromatic carbocycles. The summed E-state index contributed by atoms with van der Waals surface area (Å²) in [6.07, 6.45) is 3.66. The van der Waals surface area contributed by atoms with E-state index in [1.807, 2.05) is 6.07 Å². The Labute approximate surface area is 197 Å². The number of nitrogens with two attached hydrogens (primary N) is 2. The van der Waals surface area contributed by atoms with E-state index in [-0.39, 0.29) is 25.0 Å². The zero-order chi connectivity index (χ0) is 24.5. The van der Waals surface area contributed by atoms with E-state index in [4.69, 9.17) is 21.3 Å². The Bertz CT molecular complexity index is 1190. The first-order valence-electron chi connectivity index (χ1n) is 10.8. The number of ether oxygens (including phenoxy) is 1. The molecule has 1 unspecified atom stereocenters. The number of hydrogen-bond acceptors (Lipinski definition) is 6. The highest BCUT2D eigenvalue weighted by molar-refractivity contribution is 6.06. The molecular formula is C27H26N2O5. The molecule has 34 heavy (non-hydrogen) atoms. The fraction of sp³-hybridized carbons (Fsp3) is 0.148. The van der Waals surface area contributed by atoms with Gasteiger partial charge >= 0.3 is 11.9 Å². The van der Waals surface area contributed by atoms with Crippen molar-refractivity contribution >= 4 is 35.2 Å². The molecule has 0 bridgehead atoms. The molecule has 0 aliphatic rings. The number of benzene rings is 3. The summed E-state index contributed by atoms with van der Waals surface area (Å²) in [5.41, 5.74) is 14.5. The van der Waals surface area contributed by atoms with Crippen LogP contribution in [0.5, 0.6) is 5.75 Å². The minimum Gasteiger partial charge on any atom is -0.481 e. The van der Waals surface area contributed by atoms with Crippen molar-refractivity contribution in [2.75, 3.05) is 11.5 Å². The van der Waals surface area contributed by atoms with E-state index in [0.717, 1.165) is 5.56 Å². The van der Waals surface area contributed by atoms with Crippen LogP contribution in [-0.4, -0.2) is 22.8 Å². The van der Waals surface area contributed by atoms with Crippen molar-refractivity contribution in [3.63, 3.8) is 0 Å². The van der Waals surface area contributed by atoms with Crippen LogP contribution in [0.25, 0.3) is 6.08 Å². The molecule has 3 rings (SSSR count). The molecule has 0 spiro atoms. The molecule has 0 aliphatic heterocycles. The molecule has 0 saturated carbocycles. The van der Waals surface area contributed by atoms with Crippen molar-refractivity contribution in [3.05, 3.63) is 95.6 Å². The second-order valence-electron chi connectivity index (χ2n) is 7.78. The van der Waals surface area contributed by atoms with Gasteiger partial charge in [0.2, 0.25) is 0 Å². The number of aliphatic carboxylic acids is 1. The Hall–Kier alpha value is -4.39. The van der Waals surface area contributed by atoms with E-state index >= 15 is 0 Å². The van der Waals surface area contributed by atoms with Crippen molar-refractivity contribution < 1.29 is 24.2 Å². The fourth-order valence-electron chi connectivity index (χ4n) is 3.47. The number of carboxylic acids is 1. The number of anilines is 2. The van der Waals surface area contributed by atoms with Gasteiger partial charge in [0, 0.05) is 23.4 Å². The van der Waals surface area contributed by atoms with E-state index in [1.165, 1.54) is 6.08 Å². The molecule has 7 heteroatoms. The molecule has 3 aromatic rings. The Kier molecular flexibility index (Phi) is 8.18. The summed E-state index contributed by atoms with van der Waals surface area (Å²) >= 11 is 0. The van der Waals surface area contributed by atoms with Crippen LogP contribution in [-0.2, 0) is 9.59 Å². The van der Waals surface area contributed by atoms with Crippen LogP contribution in [0.15, 0.2) is 78.9 Å². The molecule has 0 radical (unpaired) electrons. The highest BCUT2D eigenvalue weighted by Crippen LogP contribution is 2.30. The number of nitrogen functional groups attached to an aromatic ring is 2. The molecule has 0 saturated heterocycles. The molecule has 0 aromatic heterocycles. The molecule has 7 nitrogen and oxygen atoms in total. The van der Waals surface area contributed by atoms with Gasteiger partial charge in [0.05, 0.1) is 5.92 Å². The van der Waals surface area contributed by atoms with Gasteiger partial charge in [-0.25, -0.2) is 0 Å². The molecule has 174 valence electrons. The van der Waals surface area contributed by atoms with Crippen molar-refractivity contribution in [2.24, 2.45) is 0 Å². The Morgan fingerprint density at radius 2 is 1.65 bits per heavy atom. The maximum atomic E-state index is 13.0. The predicted octanol–water partition coefficient (Wildman–Crippen LogP) is 4.69. The van der Waals surface area contributed by atoms with Crippen LogP contribution < -0.4 is 16.2 Å². The van der Waals surface area contributed by atoms with Crippen LogP contribution in [0.4, 0.5) is 11.4 Å². The lowest BCUT2D eigenvalue weighted by Gasteiger charge is -2.18. The van der Waals surface area contributed by atoms with Gasteiger partial charge in [0.1, 0.15) is 5.75 Å². The van der Waals surface area contributed by atoms with Crippen LogP contribution >= 0.6 is 0 Å². The van der Waals surface area contributed by atoms with Gasteiger partial charge in [-0.3, -0.25) is 14.4 Å². The first kappa shape index (κ1) is 24.3. The summed E-state index contributed by atoms with van der Waals surface area (Å²) < 4.78 is 5.56. The maximum Gasteiger partial charge on any atom is 0.318 e. The highest BCUT2D eigenvalue weighted by atomic mass is 16.5. The number of ketones is 1. The SMILES string of the molecule is Nc1ccc(C(CCCC(=O)O)C(=O)Oc2ccc(C=CC(=O)c3ccccc3)cc2)c(N)c1. The average molecular weight is 459 g/mol. The summed E-state index contributed by atoms with van der Waals surface area (Å²) in [5.74, 6) is -1.99.